The Hall–Kier alpha value is -0.370. The van der Waals surface area contributed by atoms with E-state index in [1.165, 1.54) is 12.8 Å². The highest BCUT2D eigenvalue weighted by molar-refractivity contribution is 5.83. The highest BCUT2D eigenvalue weighted by Crippen LogP contribution is 2.25. The Morgan fingerprint density at radius 2 is 1.85 bits per heavy atom. The minimum atomic E-state index is 0.0638. The molecule has 13 heavy (non-hydrogen) atoms. The monoisotopic (exact) mass is 183 g/mol. The summed E-state index contributed by atoms with van der Waals surface area (Å²) in [6, 6.07) is 0. The van der Waals surface area contributed by atoms with E-state index < -0.39 is 0 Å². The molecular formula is C11H21NO. The van der Waals surface area contributed by atoms with Crippen molar-refractivity contribution in [2.75, 3.05) is 6.54 Å². The average Bonchev–Trinajstić information content (AvgIpc) is 2.50. The van der Waals surface area contributed by atoms with Crippen molar-refractivity contribution in [2.45, 2.75) is 52.0 Å². The van der Waals surface area contributed by atoms with Crippen LogP contribution in [-0.4, -0.2) is 17.9 Å². The van der Waals surface area contributed by atoms with E-state index >= 15 is 0 Å². The van der Waals surface area contributed by atoms with Gasteiger partial charge in [-0.2, -0.15) is 0 Å². The average molecular weight is 183 g/mol. The predicted molar refractivity (Wildman–Crippen MR) is 54.7 cm³/mol. The smallest absolute Gasteiger partial charge is 0.149 e. The molecule has 0 spiro atoms. The summed E-state index contributed by atoms with van der Waals surface area (Å²) in [7, 11) is 0. The number of hydrogen-bond acceptors (Lipinski definition) is 2. The van der Waals surface area contributed by atoms with Crippen LogP contribution in [0.1, 0.15) is 46.5 Å². The number of carbonyl (C=O) groups is 1. The Kier molecular flexibility index (Phi) is 3.48. The van der Waals surface area contributed by atoms with Crippen molar-refractivity contribution in [3.63, 3.8) is 0 Å². The first kappa shape index (κ1) is 10.7. The lowest BCUT2D eigenvalue weighted by atomic mass is 10.0. The summed E-state index contributed by atoms with van der Waals surface area (Å²) in [5.74, 6) is 0.766. The molecular weight excluding hydrogens is 162 g/mol. The zero-order valence-corrected chi connectivity index (χ0v) is 9.02. The maximum Gasteiger partial charge on any atom is 0.149 e. The zero-order valence-electron chi connectivity index (χ0n) is 9.02. The topological polar surface area (TPSA) is 29.1 Å². The summed E-state index contributed by atoms with van der Waals surface area (Å²) in [5, 5.41) is 3.25. The van der Waals surface area contributed by atoms with Crippen molar-refractivity contribution < 1.29 is 4.79 Å². The van der Waals surface area contributed by atoms with E-state index in [9.17, 15) is 4.79 Å². The third-order valence-corrected chi connectivity index (χ3v) is 2.60. The van der Waals surface area contributed by atoms with Crippen LogP contribution in [0.4, 0.5) is 0 Å². The van der Waals surface area contributed by atoms with E-state index in [-0.39, 0.29) is 5.54 Å². The number of hydrogen-bond donors (Lipinski definition) is 1. The highest BCUT2D eigenvalue weighted by Gasteiger charge is 2.23. The molecule has 0 radical (unpaired) electrons. The molecule has 76 valence electrons. The maximum absolute atomic E-state index is 11.6. The van der Waals surface area contributed by atoms with Gasteiger partial charge in [-0.25, -0.2) is 0 Å². The number of Topliss-reactive ketones (excluding diaryl/α,β-unsaturated/α-hetero) is 1. The van der Waals surface area contributed by atoms with E-state index in [2.05, 4.69) is 26.1 Å². The molecule has 0 aliphatic heterocycles. The summed E-state index contributed by atoms with van der Waals surface area (Å²) in [5.41, 5.74) is 0.0638. The van der Waals surface area contributed by atoms with Crippen molar-refractivity contribution in [3.05, 3.63) is 0 Å². The van der Waals surface area contributed by atoms with Gasteiger partial charge in [0.15, 0.2) is 0 Å². The van der Waals surface area contributed by atoms with Gasteiger partial charge in [0.25, 0.3) is 0 Å². The van der Waals surface area contributed by atoms with Crippen LogP contribution in [0.25, 0.3) is 0 Å². The highest BCUT2D eigenvalue weighted by atomic mass is 16.1. The molecule has 1 aliphatic carbocycles. The Morgan fingerprint density at radius 3 is 2.31 bits per heavy atom. The summed E-state index contributed by atoms with van der Waals surface area (Å²) >= 11 is 0. The summed E-state index contributed by atoms with van der Waals surface area (Å²) in [4.78, 5) is 11.6. The van der Waals surface area contributed by atoms with Crippen LogP contribution < -0.4 is 5.32 Å². The lowest BCUT2D eigenvalue weighted by Crippen LogP contribution is -2.40. The van der Waals surface area contributed by atoms with Crippen molar-refractivity contribution in [1.82, 2.24) is 5.32 Å². The molecule has 2 nitrogen and oxygen atoms in total. The standard InChI is InChI=1S/C11H21NO/c1-11(2,3)12-8-10(13)9-6-4-5-7-9/h9,12H,4-8H2,1-3H3. The second-order valence-electron chi connectivity index (χ2n) is 5.05. The van der Waals surface area contributed by atoms with E-state index in [1.54, 1.807) is 0 Å². The molecule has 1 rings (SSSR count). The van der Waals surface area contributed by atoms with Crippen molar-refractivity contribution in [2.24, 2.45) is 5.92 Å². The summed E-state index contributed by atoms with van der Waals surface area (Å²) < 4.78 is 0. The van der Waals surface area contributed by atoms with Gasteiger partial charge in [0, 0.05) is 11.5 Å². The summed E-state index contributed by atoms with van der Waals surface area (Å²) in [6.45, 7) is 6.83. The Morgan fingerprint density at radius 1 is 1.31 bits per heavy atom. The number of rotatable bonds is 3. The van der Waals surface area contributed by atoms with E-state index in [1.807, 2.05) is 0 Å². The third kappa shape index (κ3) is 3.90. The van der Waals surface area contributed by atoms with Gasteiger partial charge in [-0.1, -0.05) is 12.8 Å². The molecule has 0 saturated heterocycles. The molecule has 0 unspecified atom stereocenters. The van der Waals surface area contributed by atoms with E-state index in [0.717, 1.165) is 12.8 Å². The van der Waals surface area contributed by atoms with Crippen molar-refractivity contribution in [3.8, 4) is 0 Å². The van der Waals surface area contributed by atoms with Crippen molar-refractivity contribution >= 4 is 5.78 Å². The normalized spacial score (nSPS) is 19.3. The van der Waals surface area contributed by atoms with Crippen LogP contribution >= 0.6 is 0 Å². The molecule has 1 fully saturated rings. The number of nitrogens with one attached hydrogen (secondary N) is 1. The molecule has 0 atom stereocenters. The number of ketones is 1. The van der Waals surface area contributed by atoms with E-state index in [4.69, 9.17) is 0 Å². The Bertz CT molecular complexity index is 175. The molecule has 1 aliphatic rings. The molecule has 1 saturated carbocycles. The Balaban J connectivity index is 2.25. The first-order valence-corrected chi connectivity index (χ1v) is 5.27. The second kappa shape index (κ2) is 4.23. The lowest BCUT2D eigenvalue weighted by Gasteiger charge is -2.21. The van der Waals surface area contributed by atoms with Crippen LogP contribution in [0.5, 0.6) is 0 Å². The van der Waals surface area contributed by atoms with Gasteiger partial charge in [0.1, 0.15) is 5.78 Å². The van der Waals surface area contributed by atoms with Gasteiger partial charge >= 0.3 is 0 Å². The fourth-order valence-corrected chi connectivity index (χ4v) is 1.74. The number of carbonyl (C=O) groups excluding carboxylic acids is 1. The third-order valence-electron chi connectivity index (χ3n) is 2.60. The lowest BCUT2D eigenvalue weighted by molar-refractivity contribution is -0.122. The van der Waals surface area contributed by atoms with Crippen LogP contribution in [0, 0.1) is 5.92 Å². The molecule has 0 heterocycles. The van der Waals surface area contributed by atoms with Crippen LogP contribution in [0.3, 0.4) is 0 Å². The van der Waals surface area contributed by atoms with Crippen LogP contribution in [0.15, 0.2) is 0 Å². The molecule has 0 aromatic rings. The SMILES string of the molecule is CC(C)(C)NCC(=O)C1CCCC1. The van der Waals surface area contributed by atoms with Gasteiger partial charge < -0.3 is 5.32 Å². The molecule has 0 aromatic heterocycles. The van der Waals surface area contributed by atoms with Gasteiger partial charge in [0.05, 0.1) is 6.54 Å². The second-order valence-corrected chi connectivity index (χ2v) is 5.05. The largest absolute Gasteiger partial charge is 0.305 e. The van der Waals surface area contributed by atoms with E-state index in [0.29, 0.717) is 18.2 Å². The van der Waals surface area contributed by atoms with Crippen molar-refractivity contribution in [1.29, 1.82) is 0 Å². The fraction of sp³-hybridized carbons (Fsp3) is 0.909. The maximum atomic E-state index is 11.6. The van der Waals surface area contributed by atoms with Crippen LogP contribution in [-0.2, 0) is 4.79 Å². The first-order valence-electron chi connectivity index (χ1n) is 5.27. The molecule has 1 N–H and O–H groups in total. The molecule has 2 heteroatoms. The zero-order chi connectivity index (χ0) is 9.90. The Labute approximate surface area is 81.1 Å². The molecule has 0 amide bonds. The van der Waals surface area contributed by atoms with Gasteiger partial charge in [-0.05, 0) is 33.6 Å². The van der Waals surface area contributed by atoms with Gasteiger partial charge in [0.2, 0.25) is 0 Å². The molecule has 0 bridgehead atoms. The van der Waals surface area contributed by atoms with Crippen LogP contribution in [0.2, 0.25) is 0 Å². The summed E-state index contributed by atoms with van der Waals surface area (Å²) in [6.07, 6.45) is 4.72. The quantitative estimate of drug-likeness (QED) is 0.726. The first-order chi connectivity index (χ1) is 5.99. The minimum Gasteiger partial charge on any atom is -0.305 e. The molecule has 0 aromatic carbocycles. The minimum absolute atomic E-state index is 0.0638. The predicted octanol–water partition coefficient (Wildman–Crippen LogP) is 2.13. The van der Waals surface area contributed by atoms with Gasteiger partial charge in [-0.15, -0.1) is 0 Å². The van der Waals surface area contributed by atoms with Gasteiger partial charge in [-0.3, -0.25) is 4.79 Å². The fourth-order valence-electron chi connectivity index (χ4n) is 1.74.